The fourth-order valence-electron chi connectivity index (χ4n) is 3.26. The number of ketones is 1. The van der Waals surface area contributed by atoms with Crippen LogP contribution in [-0.2, 0) is 14.3 Å². The molecular formula is C18H18O4S. The van der Waals surface area contributed by atoms with Gasteiger partial charge in [0.1, 0.15) is 5.76 Å². The highest BCUT2D eigenvalue weighted by Crippen LogP contribution is 2.46. The molecule has 0 aromatic heterocycles. The summed E-state index contributed by atoms with van der Waals surface area (Å²) < 4.78 is 4.97. The third kappa shape index (κ3) is 3.06. The van der Waals surface area contributed by atoms with E-state index < -0.39 is 5.92 Å². The molecule has 120 valence electrons. The Morgan fingerprint density at radius 3 is 2.74 bits per heavy atom. The lowest BCUT2D eigenvalue weighted by Gasteiger charge is -2.34. The topological polar surface area (TPSA) is 63.6 Å². The predicted octanol–water partition coefficient (Wildman–Crippen LogP) is 3.65. The van der Waals surface area contributed by atoms with Crippen molar-refractivity contribution >= 4 is 23.5 Å². The number of aliphatic hydroxyl groups is 1. The van der Waals surface area contributed by atoms with Gasteiger partial charge in [-0.25, -0.2) is 0 Å². The van der Waals surface area contributed by atoms with Crippen LogP contribution >= 0.6 is 11.8 Å². The van der Waals surface area contributed by atoms with Gasteiger partial charge in [-0.1, -0.05) is 30.0 Å². The number of aliphatic hydroxyl groups excluding tert-OH is 1. The van der Waals surface area contributed by atoms with Crippen LogP contribution < -0.4 is 0 Å². The van der Waals surface area contributed by atoms with Crippen LogP contribution in [0.4, 0.5) is 0 Å². The molecule has 1 aromatic carbocycles. The number of hydrogen-bond acceptors (Lipinski definition) is 5. The van der Waals surface area contributed by atoms with E-state index in [-0.39, 0.29) is 23.4 Å². The van der Waals surface area contributed by atoms with Gasteiger partial charge in [-0.05, 0) is 31.1 Å². The number of thioether (sulfide) groups is 1. The van der Waals surface area contributed by atoms with E-state index in [0.29, 0.717) is 18.4 Å². The smallest absolute Gasteiger partial charge is 0.314 e. The summed E-state index contributed by atoms with van der Waals surface area (Å²) in [6.45, 7) is 0. The van der Waals surface area contributed by atoms with Crippen molar-refractivity contribution in [2.75, 3.05) is 7.11 Å². The van der Waals surface area contributed by atoms with E-state index in [1.165, 1.54) is 18.9 Å². The van der Waals surface area contributed by atoms with Gasteiger partial charge in [-0.3, -0.25) is 9.59 Å². The lowest BCUT2D eigenvalue weighted by molar-refractivity contribution is -0.145. The zero-order chi connectivity index (χ0) is 16.4. The largest absolute Gasteiger partial charge is 0.507 e. The Labute approximate surface area is 139 Å². The van der Waals surface area contributed by atoms with Crippen molar-refractivity contribution in [1.82, 2.24) is 0 Å². The monoisotopic (exact) mass is 330 g/mol. The first-order chi connectivity index (χ1) is 11.1. The second-order valence-corrected chi connectivity index (χ2v) is 6.83. The standard InChI is InChI=1S/C18H18O4S/c1-22-18(21)17-12-8-5-9-13(19)16(12)14(20)10-15(17)23-11-6-3-2-4-7-11/h2-4,6-7,10,12,17,20H,5,8-9H2,1H3. The Morgan fingerprint density at radius 2 is 2.04 bits per heavy atom. The molecule has 1 aromatic rings. The van der Waals surface area contributed by atoms with E-state index in [2.05, 4.69) is 0 Å². The molecule has 4 nitrogen and oxygen atoms in total. The van der Waals surface area contributed by atoms with Gasteiger partial charge >= 0.3 is 5.97 Å². The number of carbonyl (C=O) groups is 2. The van der Waals surface area contributed by atoms with E-state index in [9.17, 15) is 14.7 Å². The lowest BCUT2D eigenvalue weighted by Crippen LogP contribution is -2.35. The number of Topliss-reactive ketones (excluding diaryl/α,β-unsaturated/α-hetero) is 1. The Hall–Kier alpha value is -2.01. The van der Waals surface area contributed by atoms with Crippen LogP contribution in [0.25, 0.3) is 0 Å². The Kier molecular flexibility index (Phi) is 4.57. The molecule has 0 heterocycles. The van der Waals surface area contributed by atoms with Gasteiger partial charge in [0.05, 0.1) is 13.0 Å². The number of rotatable bonds is 3. The first-order valence-corrected chi connectivity index (χ1v) is 8.42. The molecule has 2 aliphatic carbocycles. The number of allylic oxidation sites excluding steroid dienone is 2. The molecule has 0 amide bonds. The van der Waals surface area contributed by atoms with Crippen molar-refractivity contribution in [2.45, 2.75) is 24.2 Å². The number of esters is 1. The summed E-state index contributed by atoms with van der Waals surface area (Å²) in [7, 11) is 1.36. The molecule has 0 radical (unpaired) electrons. The fourth-order valence-corrected chi connectivity index (χ4v) is 4.38. The normalized spacial score (nSPS) is 24.0. The summed E-state index contributed by atoms with van der Waals surface area (Å²) in [4.78, 5) is 26.2. The Morgan fingerprint density at radius 1 is 1.30 bits per heavy atom. The highest BCUT2D eigenvalue weighted by molar-refractivity contribution is 8.03. The van der Waals surface area contributed by atoms with Crippen molar-refractivity contribution in [1.29, 1.82) is 0 Å². The quantitative estimate of drug-likeness (QED) is 0.857. The van der Waals surface area contributed by atoms with Crippen molar-refractivity contribution in [3.8, 4) is 0 Å². The van der Waals surface area contributed by atoms with Gasteiger partial charge in [-0.15, -0.1) is 0 Å². The van der Waals surface area contributed by atoms with E-state index in [4.69, 9.17) is 4.74 Å². The second kappa shape index (κ2) is 6.62. The zero-order valence-corrected chi connectivity index (χ0v) is 13.6. The van der Waals surface area contributed by atoms with E-state index in [1.54, 1.807) is 6.08 Å². The molecule has 0 bridgehead atoms. The minimum atomic E-state index is -0.527. The number of carbonyl (C=O) groups excluding carboxylic acids is 2. The van der Waals surface area contributed by atoms with Crippen LogP contribution in [-0.4, -0.2) is 24.0 Å². The maximum atomic E-state index is 12.3. The van der Waals surface area contributed by atoms with Crippen LogP contribution in [0.15, 0.2) is 57.5 Å². The molecule has 2 aliphatic rings. The summed E-state index contributed by atoms with van der Waals surface area (Å²) in [5, 5.41) is 10.3. The van der Waals surface area contributed by atoms with Gasteiger partial charge in [0, 0.05) is 27.7 Å². The summed E-state index contributed by atoms with van der Waals surface area (Å²) in [6.07, 6.45) is 3.42. The minimum absolute atomic E-state index is 0.00159. The maximum absolute atomic E-state index is 12.3. The van der Waals surface area contributed by atoms with E-state index >= 15 is 0 Å². The molecule has 1 N–H and O–H groups in total. The average molecular weight is 330 g/mol. The first kappa shape index (κ1) is 15.9. The summed E-state index contributed by atoms with van der Waals surface area (Å²) in [6, 6.07) is 9.66. The van der Waals surface area contributed by atoms with Crippen molar-refractivity contribution < 1.29 is 19.4 Å². The second-order valence-electron chi connectivity index (χ2n) is 5.68. The molecule has 23 heavy (non-hydrogen) atoms. The fraction of sp³-hybridized carbons (Fsp3) is 0.333. The van der Waals surface area contributed by atoms with Crippen LogP contribution in [0.1, 0.15) is 19.3 Å². The number of ether oxygens (including phenoxy) is 1. The number of benzene rings is 1. The number of methoxy groups -OCH3 is 1. The van der Waals surface area contributed by atoms with Crippen LogP contribution in [0.5, 0.6) is 0 Å². The number of hydrogen-bond donors (Lipinski definition) is 1. The third-order valence-electron chi connectivity index (χ3n) is 4.29. The highest BCUT2D eigenvalue weighted by atomic mass is 32.2. The molecule has 1 fully saturated rings. The molecule has 5 heteroatoms. The highest BCUT2D eigenvalue weighted by Gasteiger charge is 2.43. The van der Waals surface area contributed by atoms with Crippen molar-refractivity contribution in [2.24, 2.45) is 11.8 Å². The summed E-state index contributed by atoms with van der Waals surface area (Å²) in [5.74, 6) is -1.24. The first-order valence-electron chi connectivity index (χ1n) is 7.60. The summed E-state index contributed by atoms with van der Waals surface area (Å²) >= 11 is 1.43. The summed E-state index contributed by atoms with van der Waals surface area (Å²) in [5.41, 5.74) is 0.393. The molecule has 1 saturated carbocycles. The SMILES string of the molecule is COC(=O)C1C(Sc2ccccc2)=CC(O)=C2C(=O)CCCC21. The molecule has 0 saturated heterocycles. The van der Waals surface area contributed by atoms with Gasteiger partial charge in [0.25, 0.3) is 0 Å². The van der Waals surface area contributed by atoms with Gasteiger partial charge in [0.2, 0.25) is 0 Å². The maximum Gasteiger partial charge on any atom is 0.314 e. The van der Waals surface area contributed by atoms with E-state index in [0.717, 1.165) is 16.2 Å². The van der Waals surface area contributed by atoms with Gasteiger partial charge in [0.15, 0.2) is 5.78 Å². The third-order valence-corrected chi connectivity index (χ3v) is 5.40. The Balaban J connectivity index is 2.02. The van der Waals surface area contributed by atoms with Crippen LogP contribution in [0, 0.1) is 11.8 Å². The van der Waals surface area contributed by atoms with Crippen molar-refractivity contribution in [3.63, 3.8) is 0 Å². The predicted molar refractivity (Wildman–Crippen MR) is 87.9 cm³/mol. The van der Waals surface area contributed by atoms with Gasteiger partial charge in [-0.2, -0.15) is 0 Å². The molecule has 0 aliphatic heterocycles. The van der Waals surface area contributed by atoms with Crippen LogP contribution in [0.2, 0.25) is 0 Å². The molecule has 2 atom stereocenters. The van der Waals surface area contributed by atoms with Crippen molar-refractivity contribution in [3.05, 3.63) is 52.6 Å². The Bertz CT molecular complexity index is 690. The minimum Gasteiger partial charge on any atom is -0.507 e. The molecule has 3 rings (SSSR count). The molecule has 0 spiro atoms. The number of fused-ring (bicyclic) bond motifs is 1. The molecule has 2 unspecified atom stereocenters. The van der Waals surface area contributed by atoms with Crippen LogP contribution in [0.3, 0.4) is 0 Å². The zero-order valence-electron chi connectivity index (χ0n) is 12.8. The van der Waals surface area contributed by atoms with E-state index in [1.807, 2.05) is 30.3 Å². The lowest BCUT2D eigenvalue weighted by atomic mass is 9.72. The average Bonchev–Trinajstić information content (AvgIpc) is 2.55. The molecular weight excluding hydrogens is 312 g/mol. The van der Waals surface area contributed by atoms with Gasteiger partial charge < -0.3 is 9.84 Å².